The Bertz CT molecular complexity index is 718. The van der Waals surface area contributed by atoms with Gasteiger partial charge in [0.25, 0.3) is 5.91 Å². The fraction of sp³-hybridized carbons (Fsp3) is 0.0625. The second-order valence-corrected chi connectivity index (χ2v) is 4.72. The number of carbonyl (C=O) groups excluding carboxylic acids is 1. The Morgan fingerprint density at radius 3 is 2.45 bits per heavy atom. The number of phenols is 1. The Morgan fingerprint density at radius 2 is 1.75 bits per heavy atom. The molecule has 3 rings (SSSR count). The predicted octanol–water partition coefficient (Wildman–Crippen LogP) is 2.20. The van der Waals surface area contributed by atoms with Gasteiger partial charge >= 0.3 is 0 Å². The summed E-state index contributed by atoms with van der Waals surface area (Å²) in [5.41, 5.74) is 9.51. The molecule has 1 aliphatic rings. The molecule has 0 saturated carbocycles. The highest BCUT2D eigenvalue weighted by Gasteiger charge is 2.31. The third-order valence-corrected chi connectivity index (χ3v) is 3.50. The summed E-state index contributed by atoms with van der Waals surface area (Å²) in [7, 11) is 1.73. The number of carbonyl (C=O) groups is 1. The van der Waals surface area contributed by atoms with E-state index in [2.05, 4.69) is 0 Å². The van der Waals surface area contributed by atoms with Crippen molar-refractivity contribution in [2.24, 2.45) is 5.73 Å². The number of likely N-dealkylation sites (N-methyl/N-ethyl adjacent to an activating group) is 1. The van der Waals surface area contributed by atoms with Crippen molar-refractivity contribution < 1.29 is 9.90 Å². The molecular weight excluding hydrogens is 252 g/mol. The number of benzene rings is 2. The number of aromatic hydroxyl groups is 1. The number of para-hydroxylation sites is 1. The van der Waals surface area contributed by atoms with Gasteiger partial charge in [-0.3, -0.25) is 4.79 Å². The van der Waals surface area contributed by atoms with Crippen LogP contribution in [0.4, 0.5) is 5.69 Å². The van der Waals surface area contributed by atoms with Crippen LogP contribution in [0.5, 0.6) is 5.75 Å². The first kappa shape index (κ1) is 12.3. The van der Waals surface area contributed by atoms with Gasteiger partial charge in [-0.15, -0.1) is 0 Å². The molecule has 0 saturated heterocycles. The van der Waals surface area contributed by atoms with Gasteiger partial charge in [0.05, 0.1) is 17.0 Å². The van der Waals surface area contributed by atoms with Crippen molar-refractivity contribution in [1.82, 2.24) is 0 Å². The number of nitrogens with two attached hydrogens (primary N) is 1. The molecule has 1 heterocycles. The summed E-state index contributed by atoms with van der Waals surface area (Å²) in [4.78, 5) is 14.0. The number of fused-ring (bicyclic) bond motifs is 1. The lowest BCUT2D eigenvalue weighted by Gasteiger charge is -2.09. The minimum Gasteiger partial charge on any atom is -0.508 e. The molecule has 0 aliphatic carbocycles. The van der Waals surface area contributed by atoms with Gasteiger partial charge in [-0.25, -0.2) is 0 Å². The van der Waals surface area contributed by atoms with Crippen LogP contribution in [-0.4, -0.2) is 18.1 Å². The lowest BCUT2D eigenvalue weighted by Crippen LogP contribution is -2.21. The van der Waals surface area contributed by atoms with Crippen molar-refractivity contribution in [2.75, 3.05) is 11.9 Å². The smallest absolute Gasteiger partial charge is 0.260 e. The fourth-order valence-electron chi connectivity index (χ4n) is 2.42. The molecule has 2 aromatic rings. The zero-order valence-electron chi connectivity index (χ0n) is 11.0. The van der Waals surface area contributed by atoms with E-state index in [1.165, 1.54) is 0 Å². The molecule has 4 nitrogen and oxygen atoms in total. The molecule has 0 spiro atoms. The van der Waals surface area contributed by atoms with Crippen LogP contribution in [0.3, 0.4) is 0 Å². The van der Waals surface area contributed by atoms with Crippen LogP contribution >= 0.6 is 0 Å². The van der Waals surface area contributed by atoms with E-state index in [0.29, 0.717) is 11.3 Å². The highest BCUT2D eigenvalue weighted by molar-refractivity contribution is 6.37. The number of hydrogen-bond donors (Lipinski definition) is 2. The molecule has 4 heteroatoms. The summed E-state index contributed by atoms with van der Waals surface area (Å²) in [6.07, 6.45) is 0. The van der Waals surface area contributed by atoms with Gasteiger partial charge in [0.1, 0.15) is 5.75 Å². The third-order valence-electron chi connectivity index (χ3n) is 3.50. The Hall–Kier alpha value is -2.75. The number of rotatable bonds is 1. The highest BCUT2D eigenvalue weighted by atomic mass is 16.3. The Morgan fingerprint density at radius 1 is 1.10 bits per heavy atom. The molecule has 0 aromatic heterocycles. The summed E-state index contributed by atoms with van der Waals surface area (Å²) in [6.45, 7) is 0. The van der Waals surface area contributed by atoms with Crippen LogP contribution in [0, 0.1) is 0 Å². The van der Waals surface area contributed by atoms with Crippen molar-refractivity contribution in [1.29, 1.82) is 0 Å². The summed E-state index contributed by atoms with van der Waals surface area (Å²) in [5.74, 6) is 0.0543. The van der Waals surface area contributed by atoms with Crippen LogP contribution < -0.4 is 10.6 Å². The first-order valence-corrected chi connectivity index (χ1v) is 6.26. The van der Waals surface area contributed by atoms with Crippen molar-refractivity contribution in [3.05, 3.63) is 59.7 Å². The average Bonchev–Trinajstić information content (AvgIpc) is 2.72. The van der Waals surface area contributed by atoms with Gasteiger partial charge in [0, 0.05) is 12.6 Å². The van der Waals surface area contributed by atoms with E-state index in [1.54, 1.807) is 36.2 Å². The van der Waals surface area contributed by atoms with Crippen molar-refractivity contribution in [3.8, 4) is 5.75 Å². The maximum Gasteiger partial charge on any atom is 0.260 e. The summed E-state index contributed by atoms with van der Waals surface area (Å²) < 4.78 is 0. The van der Waals surface area contributed by atoms with E-state index in [4.69, 9.17) is 5.73 Å². The number of amides is 1. The van der Waals surface area contributed by atoms with Crippen molar-refractivity contribution in [3.63, 3.8) is 0 Å². The van der Waals surface area contributed by atoms with Crippen LogP contribution in [0.25, 0.3) is 11.3 Å². The van der Waals surface area contributed by atoms with E-state index in [1.807, 2.05) is 24.3 Å². The molecule has 3 N–H and O–H groups in total. The minimum absolute atomic E-state index is 0.114. The topological polar surface area (TPSA) is 66.6 Å². The van der Waals surface area contributed by atoms with Gasteiger partial charge in [-0.2, -0.15) is 0 Å². The number of nitrogens with zero attached hydrogens (tertiary/aromatic N) is 1. The summed E-state index contributed by atoms with van der Waals surface area (Å²) >= 11 is 0. The molecule has 0 bridgehead atoms. The normalized spacial score (nSPS) is 16.2. The zero-order valence-corrected chi connectivity index (χ0v) is 11.0. The van der Waals surface area contributed by atoms with Crippen LogP contribution in [0.1, 0.15) is 11.1 Å². The molecule has 0 fully saturated rings. The van der Waals surface area contributed by atoms with E-state index in [-0.39, 0.29) is 11.7 Å². The second kappa shape index (κ2) is 4.42. The molecule has 1 amide bonds. The van der Waals surface area contributed by atoms with Crippen molar-refractivity contribution >= 4 is 22.9 Å². The number of phenolic OH excluding ortho intramolecular Hbond substituents is 1. The van der Waals surface area contributed by atoms with Crippen molar-refractivity contribution in [2.45, 2.75) is 0 Å². The van der Waals surface area contributed by atoms with Gasteiger partial charge in [-0.1, -0.05) is 18.2 Å². The fourth-order valence-corrected chi connectivity index (χ4v) is 2.42. The van der Waals surface area contributed by atoms with E-state index in [9.17, 15) is 9.90 Å². The second-order valence-electron chi connectivity index (χ2n) is 4.72. The van der Waals surface area contributed by atoms with Crippen LogP contribution in [0.15, 0.2) is 48.5 Å². The molecule has 20 heavy (non-hydrogen) atoms. The SMILES string of the molecule is CN1C(=O)C(=C(N)c2ccc(O)cc2)c2ccccc21. The predicted molar refractivity (Wildman–Crippen MR) is 79.0 cm³/mol. The zero-order chi connectivity index (χ0) is 14.3. The van der Waals surface area contributed by atoms with E-state index >= 15 is 0 Å². The van der Waals surface area contributed by atoms with E-state index in [0.717, 1.165) is 16.8 Å². The number of hydrogen-bond acceptors (Lipinski definition) is 3. The monoisotopic (exact) mass is 266 g/mol. The largest absolute Gasteiger partial charge is 0.508 e. The van der Waals surface area contributed by atoms with Crippen LogP contribution in [0.2, 0.25) is 0 Å². The summed E-state index contributed by atoms with van der Waals surface area (Å²) in [6, 6.07) is 14.1. The molecule has 100 valence electrons. The molecule has 0 atom stereocenters. The molecular formula is C16H14N2O2. The number of anilines is 1. The van der Waals surface area contributed by atoms with Gasteiger partial charge < -0.3 is 15.7 Å². The first-order valence-electron chi connectivity index (χ1n) is 6.26. The first-order chi connectivity index (χ1) is 9.59. The standard InChI is InChI=1S/C16H14N2O2/c1-18-13-5-3-2-4-12(13)14(16(18)20)15(17)10-6-8-11(19)9-7-10/h2-9,19H,17H2,1H3. The maximum absolute atomic E-state index is 12.4. The Kier molecular flexibility index (Phi) is 2.71. The van der Waals surface area contributed by atoms with E-state index < -0.39 is 0 Å². The molecule has 0 radical (unpaired) electrons. The summed E-state index contributed by atoms with van der Waals surface area (Å²) in [5, 5.41) is 9.32. The molecule has 0 unspecified atom stereocenters. The molecule has 1 aliphatic heterocycles. The quantitative estimate of drug-likeness (QED) is 0.778. The lowest BCUT2D eigenvalue weighted by molar-refractivity contribution is -0.112. The third kappa shape index (κ3) is 1.73. The highest BCUT2D eigenvalue weighted by Crippen LogP contribution is 2.38. The average molecular weight is 266 g/mol. The van der Waals surface area contributed by atoms with Crippen LogP contribution in [-0.2, 0) is 4.79 Å². The minimum atomic E-state index is -0.114. The Labute approximate surface area is 116 Å². The molecule has 2 aromatic carbocycles. The van der Waals surface area contributed by atoms with Gasteiger partial charge in [0.15, 0.2) is 0 Å². The maximum atomic E-state index is 12.4. The van der Waals surface area contributed by atoms with Gasteiger partial charge in [0.2, 0.25) is 0 Å². The van der Waals surface area contributed by atoms with Gasteiger partial charge in [-0.05, 0) is 35.9 Å². The Balaban J connectivity index is 2.20. The lowest BCUT2D eigenvalue weighted by atomic mass is 10.0.